The zero-order valence-corrected chi connectivity index (χ0v) is 31.4. The van der Waals surface area contributed by atoms with Crippen molar-refractivity contribution in [1.82, 2.24) is 0 Å². The SMILES string of the molecule is CC1(C)CCC2(C)C(CCC3(C)C2CCC2C4(C)CCC(O[Si](C)(C)C)C(C)(C)C4CCC23C)C1O[Si](C)(C)C. The maximum Gasteiger partial charge on any atom is 0.184 e. The van der Waals surface area contributed by atoms with Crippen LogP contribution in [-0.4, -0.2) is 28.8 Å². The van der Waals surface area contributed by atoms with Crippen LogP contribution in [0.4, 0.5) is 0 Å². The fraction of sp³-hybridized carbons (Fsp3) is 1.00. The third-order valence-corrected chi connectivity index (χ3v) is 16.8. The van der Waals surface area contributed by atoms with Crippen LogP contribution in [0.15, 0.2) is 0 Å². The third kappa shape index (κ3) is 4.64. The highest BCUT2D eigenvalue weighted by Crippen LogP contribution is 2.77. The van der Waals surface area contributed by atoms with E-state index in [4.69, 9.17) is 8.85 Å². The van der Waals surface area contributed by atoms with Crippen molar-refractivity contribution in [3.63, 3.8) is 0 Å². The summed E-state index contributed by atoms with van der Waals surface area (Å²) in [6.07, 6.45) is 14.8. The van der Waals surface area contributed by atoms with Crippen LogP contribution in [0.1, 0.15) is 120 Å². The lowest BCUT2D eigenvalue weighted by molar-refractivity contribution is -0.266. The molecule has 0 aliphatic heterocycles. The Morgan fingerprint density at radius 2 is 1.02 bits per heavy atom. The fourth-order valence-electron chi connectivity index (χ4n) is 12.9. The van der Waals surface area contributed by atoms with Crippen LogP contribution in [0.2, 0.25) is 39.3 Å². The van der Waals surface area contributed by atoms with Crippen LogP contribution in [0.3, 0.4) is 0 Å². The van der Waals surface area contributed by atoms with Gasteiger partial charge in [-0.1, -0.05) is 55.4 Å². The molecule has 232 valence electrons. The van der Waals surface area contributed by atoms with E-state index >= 15 is 0 Å². The molecule has 0 aromatic heterocycles. The number of fused-ring (bicyclic) bond motifs is 7. The van der Waals surface area contributed by atoms with Gasteiger partial charge in [0.15, 0.2) is 16.6 Å². The highest BCUT2D eigenvalue weighted by molar-refractivity contribution is 6.70. The van der Waals surface area contributed by atoms with E-state index in [-0.39, 0.29) is 5.41 Å². The molecule has 0 spiro atoms. The average Bonchev–Trinajstić information content (AvgIpc) is 2.77. The summed E-state index contributed by atoms with van der Waals surface area (Å²) < 4.78 is 14.1. The summed E-state index contributed by atoms with van der Waals surface area (Å²) >= 11 is 0. The lowest BCUT2D eigenvalue weighted by atomic mass is 9.30. The molecule has 0 aromatic rings. The second-order valence-electron chi connectivity index (χ2n) is 20.0. The smallest absolute Gasteiger partial charge is 0.184 e. The monoisotopic (exact) mass is 588 g/mol. The van der Waals surface area contributed by atoms with E-state index in [2.05, 4.69) is 94.7 Å². The van der Waals surface area contributed by atoms with Crippen LogP contribution in [0.5, 0.6) is 0 Å². The van der Waals surface area contributed by atoms with Gasteiger partial charge in [0.1, 0.15) is 0 Å². The number of hydrogen-bond acceptors (Lipinski definition) is 2. The minimum absolute atomic E-state index is 0.270. The Balaban J connectivity index is 1.47. The van der Waals surface area contributed by atoms with Crippen molar-refractivity contribution in [2.45, 2.75) is 171 Å². The minimum atomic E-state index is -1.62. The van der Waals surface area contributed by atoms with Gasteiger partial charge in [-0.15, -0.1) is 0 Å². The van der Waals surface area contributed by atoms with Crippen molar-refractivity contribution in [3.8, 4) is 0 Å². The number of rotatable bonds is 4. The molecule has 0 bridgehead atoms. The predicted octanol–water partition coefficient (Wildman–Crippen LogP) is 10.9. The second kappa shape index (κ2) is 9.43. The van der Waals surface area contributed by atoms with Gasteiger partial charge >= 0.3 is 0 Å². The Labute approximate surface area is 252 Å². The standard InChI is InChI=1S/C36H68O2Si2/c1-31(2)23-24-33(5)25(30(31)38-40(12,13)14)17-21-35(7)27(33)15-16-28-34(6)20-19-29(37-39(9,10)11)32(3,4)26(34)18-22-36(28,35)8/h25-30H,15-24H2,1-14H3. The van der Waals surface area contributed by atoms with E-state index in [0.717, 1.165) is 23.7 Å². The molecular weight excluding hydrogens is 521 g/mol. The van der Waals surface area contributed by atoms with Gasteiger partial charge in [0, 0.05) is 0 Å². The Morgan fingerprint density at radius 1 is 0.500 bits per heavy atom. The molecule has 0 saturated heterocycles. The Kier molecular flexibility index (Phi) is 7.49. The molecule has 0 aromatic carbocycles. The molecule has 10 unspecified atom stereocenters. The van der Waals surface area contributed by atoms with Gasteiger partial charge < -0.3 is 8.85 Å². The molecule has 0 heterocycles. The Bertz CT molecular complexity index is 976. The first-order valence-electron chi connectivity index (χ1n) is 17.4. The lowest BCUT2D eigenvalue weighted by Crippen LogP contribution is -2.69. The highest BCUT2D eigenvalue weighted by Gasteiger charge is 2.71. The van der Waals surface area contributed by atoms with Gasteiger partial charge in [0.25, 0.3) is 0 Å². The van der Waals surface area contributed by atoms with Crippen LogP contribution in [0.25, 0.3) is 0 Å². The Hall–Kier alpha value is 0.354. The van der Waals surface area contributed by atoms with Gasteiger partial charge in [-0.3, -0.25) is 0 Å². The van der Waals surface area contributed by atoms with Crippen LogP contribution in [0, 0.1) is 56.2 Å². The second-order valence-corrected chi connectivity index (χ2v) is 28.9. The molecule has 40 heavy (non-hydrogen) atoms. The topological polar surface area (TPSA) is 18.5 Å². The van der Waals surface area contributed by atoms with Crippen molar-refractivity contribution in [2.24, 2.45) is 56.2 Å². The fourth-order valence-corrected chi connectivity index (χ4v) is 15.4. The summed E-state index contributed by atoms with van der Waals surface area (Å²) in [5.41, 5.74) is 2.32. The molecule has 0 amide bonds. The first kappa shape index (κ1) is 31.8. The summed E-state index contributed by atoms with van der Waals surface area (Å²) in [4.78, 5) is 0. The van der Waals surface area contributed by atoms with Gasteiger partial charge in [0.05, 0.1) is 12.2 Å². The van der Waals surface area contributed by atoms with E-state index in [1.54, 1.807) is 0 Å². The average molecular weight is 589 g/mol. The van der Waals surface area contributed by atoms with E-state index in [1.165, 1.54) is 64.2 Å². The molecule has 5 rings (SSSR count). The normalized spacial score (nSPS) is 50.2. The predicted molar refractivity (Wildman–Crippen MR) is 177 cm³/mol. The van der Waals surface area contributed by atoms with Crippen LogP contribution >= 0.6 is 0 Å². The zero-order chi connectivity index (χ0) is 29.9. The largest absolute Gasteiger partial charge is 0.414 e. The molecule has 5 aliphatic rings. The zero-order valence-electron chi connectivity index (χ0n) is 29.4. The first-order valence-corrected chi connectivity index (χ1v) is 24.2. The van der Waals surface area contributed by atoms with Crippen molar-refractivity contribution in [1.29, 1.82) is 0 Å². The van der Waals surface area contributed by atoms with Crippen molar-refractivity contribution in [3.05, 3.63) is 0 Å². The quantitative estimate of drug-likeness (QED) is 0.304. The van der Waals surface area contributed by atoms with Crippen molar-refractivity contribution < 1.29 is 8.85 Å². The molecular formula is C36H68O2Si2. The van der Waals surface area contributed by atoms with E-state index < -0.39 is 16.6 Å². The van der Waals surface area contributed by atoms with Crippen LogP contribution in [-0.2, 0) is 8.85 Å². The lowest BCUT2D eigenvalue weighted by Gasteiger charge is -2.75. The van der Waals surface area contributed by atoms with Gasteiger partial charge in [-0.25, -0.2) is 0 Å². The molecule has 5 fully saturated rings. The minimum Gasteiger partial charge on any atom is -0.414 e. The van der Waals surface area contributed by atoms with Gasteiger partial charge in [0.2, 0.25) is 0 Å². The summed E-state index contributed by atoms with van der Waals surface area (Å²) in [6, 6.07) is 0. The van der Waals surface area contributed by atoms with E-state index in [0.29, 0.717) is 39.3 Å². The first-order chi connectivity index (χ1) is 18.0. The summed E-state index contributed by atoms with van der Waals surface area (Å²) in [5.74, 6) is 3.19. The van der Waals surface area contributed by atoms with Gasteiger partial charge in [-0.05, 0) is 160 Å². The number of hydrogen-bond donors (Lipinski definition) is 0. The summed E-state index contributed by atoms with van der Waals surface area (Å²) in [5, 5.41) is 0. The molecule has 0 N–H and O–H groups in total. The van der Waals surface area contributed by atoms with E-state index in [1.807, 2.05) is 0 Å². The molecule has 4 heteroatoms. The maximum absolute atomic E-state index is 7.16. The van der Waals surface area contributed by atoms with Crippen LogP contribution < -0.4 is 0 Å². The van der Waals surface area contributed by atoms with E-state index in [9.17, 15) is 0 Å². The molecule has 2 nitrogen and oxygen atoms in total. The van der Waals surface area contributed by atoms with Crippen molar-refractivity contribution in [2.75, 3.05) is 0 Å². The Morgan fingerprint density at radius 3 is 1.57 bits per heavy atom. The summed E-state index contributed by atoms with van der Waals surface area (Å²) in [6.45, 7) is 35.7. The maximum atomic E-state index is 7.16. The molecule has 5 saturated carbocycles. The molecule has 0 radical (unpaired) electrons. The van der Waals surface area contributed by atoms with Crippen molar-refractivity contribution >= 4 is 16.6 Å². The summed E-state index contributed by atoms with van der Waals surface area (Å²) in [7, 11) is -3.18. The van der Waals surface area contributed by atoms with Gasteiger partial charge in [-0.2, -0.15) is 0 Å². The third-order valence-electron chi connectivity index (χ3n) is 14.8. The molecule has 10 atom stereocenters. The molecule has 5 aliphatic carbocycles. The highest BCUT2D eigenvalue weighted by atomic mass is 28.4.